The lowest BCUT2D eigenvalue weighted by molar-refractivity contribution is -0.479. The maximum absolute atomic E-state index is 9.88. The molecule has 0 saturated carbocycles. The summed E-state index contributed by atoms with van der Waals surface area (Å²) in [7, 11) is 0. The largest absolute Gasteiger partial charge is 0.265 e. The van der Waals surface area contributed by atoms with Crippen molar-refractivity contribution >= 4 is 11.3 Å². The van der Waals surface area contributed by atoms with Crippen LogP contribution >= 0.6 is 11.3 Å². The number of hydrogen-bond acceptors (Lipinski definition) is 4. The van der Waals surface area contributed by atoms with E-state index in [-0.39, 0.29) is 11.5 Å². The number of nitrogens with zero attached hydrogens (tertiary/aromatic N) is 2. The zero-order chi connectivity index (χ0) is 7.40. The van der Waals surface area contributed by atoms with E-state index in [0.29, 0.717) is 6.42 Å². The zero-order valence-electron chi connectivity index (χ0n) is 5.19. The molecule has 0 amide bonds. The van der Waals surface area contributed by atoms with E-state index in [1.807, 2.05) is 5.38 Å². The third-order valence-electron chi connectivity index (χ3n) is 1.03. The van der Waals surface area contributed by atoms with Crippen LogP contribution in [0.5, 0.6) is 0 Å². The minimum atomic E-state index is -0.334. The van der Waals surface area contributed by atoms with E-state index in [0.717, 1.165) is 5.69 Å². The average molecular weight is 158 g/mol. The van der Waals surface area contributed by atoms with Crippen LogP contribution < -0.4 is 0 Å². The van der Waals surface area contributed by atoms with E-state index in [9.17, 15) is 10.1 Å². The normalized spacial score (nSPS) is 9.60. The second-order valence-electron chi connectivity index (χ2n) is 1.79. The molecule has 1 heterocycles. The van der Waals surface area contributed by atoms with E-state index < -0.39 is 0 Å². The molecule has 0 saturated heterocycles. The molecule has 0 aliphatic rings. The summed E-state index contributed by atoms with van der Waals surface area (Å²) in [5.74, 6) is 0. The smallest absolute Gasteiger partial charge is 0.209 e. The summed E-state index contributed by atoms with van der Waals surface area (Å²) < 4.78 is 0. The second kappa shape index (κ2) is 3.26. The first kappa shape index (κ1) is 7.14. The van der Waals surface area contributed by atoms with Crippen LogP contribution in [-0.4, -0.2) is 16.5 Å². The molecule has 0 aromatic carbocycles. The van der Waals surface area contributed by atoms with Gasteiger partial charge < -0.3 is 0 Å². The van der Waals surface area contributed by atoms with Crippen molar-refractivity contribution in [2.45, 2.75) is 6.42 Å². The summed E-state index contributed by atoms with van der Waals surface area (Å²) in [5.41, 5.74) is 2.48. The van der Waals surface area contributed by atoms with Gasteiger partial charge in [0.05, 0.1) is 17.6 Å². The molecule has 0 atom stereocenters. The van der Waals surface area contributed by atoms with Crippen LogP contribution in [0.1, 0.15) is 5.69 Å². The predicted molar refractivity (Wildman–Crippen MR) is 37.7 cm³/mol. The Hall–Kier alpha value is -0.970. The molecular formula is C5H6N2O2S. The van der Waals surface area contributed by atoms with Gasteiger partial charge in [0.25, 0.3) is 0 Å². The molecule has 0 unspecified atom stereocenters. The van der Waals surface area contributed by atoms with Gasteiger partial charge in [-0.3, -0.25) is 10.1 Å². The fourth-order valence-electron chi connectivity index (χ4n) is 0.567. The Kier molecular flexibility index (Phi) is 2.33. The summed E-state index contributed by atoms with van der Waals surface area (Å²) >= 11 is 1.46. The van der Waals surface area contributed by atoms with Gasteiger partial charge in [-0.15, -0.1) is 11.3 Å². The van der Waals surface area contributed by atoms with Gasteiger partial charge >= 0.3 is 0 Å². The molecule has 1 aromatic rings. The molecule has 0 radical (unpaired) electrons. The van der Waals surface area contributed by atoms with Crippen molar-refractivity contribution in [1.82, 2.24) is 4.98 Å². The Morgan fingerprint density at radius 3 is 3.10 bits per heavy atom. The highest BCUT2D eigenvalue weighted by Gasteiger charge is 1.99. The van der Waals surface area contributed by atoms with Crippen molar-refractivity contribution < 1.29 is 4.92 Å². The lowest BCUT2D eigenvalue weighted by Gasteiger charge is -1.87. The molecule has 0 spiro atoms. The van der Waals surface area contributed by atoms with Crippen molar-refractivity contribution in [3.05, 3.63) is 26.7 Å². The lowest BCUT2D eigenvalue weighted by atomic mass is 10.3. The van der Waals surface area contributed by atoms with Crippen molar-refractivity contribution in [2.24, 2.45) is 0 Å². The minimum absolute atomic E-state index is 0.0241. The first-order valence-electron chi connectivity index (χ1n) is 2.78. The van der Waals surface area contributed by atoms with Crippen LogP contribution in [0.2, 0.25) is 0 Å². The number of hydrogen-bond donors (Lipinski definition) is 0. The monoisotopic (exact) mass is 158 g/mol. The van der Waals surface area contributed by atoms with Gasteiger partial charge in [-0.2, -0.15) is 0 Å². The summed E-state index contributed by atoms with van der Waals surface area (Å²) in [5, 5.41) is 11.7. The maximum atomic E-state index is 9.88. The van der Waals surface area contributed by atoms with Gasteiger partial charge in [0.15, 0.2) is 0 Å². The fraction of sp³-hybridized carbons (Fsp3) is 0.400. The van der Waals surface area contributed by atoms with Crippen molar-refractivity contribution in [1.29, 1.82) is 0 Å². The predicted octanol–water partition coefficient (Wildman–Crippen LogP) is 0.962. The van der Waals surface area contributed by atoms with E-state index in [1.54, 1.807) is 5.51 Å². The van der Waals surface area contributed by atoms with E-state index >= 15 is 0 Å². The van der Waals surface area contributed by atoms with Crippen LogP contribution in [0.25, 0.3) is 0 Å². The lowest BCUT2D eigenvalue weighted by Crippen LogP contribution is -2.03. The molecular weight excluding hydrogens is 152 g/mol. The number of thiazole rings is 1. The van der Waals surface area contributed by atoms with Gasteiger partial charge in [-0.1, -0.05) is 0 Å². The van der Waals surface area contributed by atoms with Gasteiger partial charge in [-0.25, -0.2) is 4.98 Å². The van der Waals surface area contributed by atoms with Gasteiger partial charge in [0.1, 0.15) is 0 Å². The first-order chi connectivity index (χ1) is 4.79. The average Bonchev–Trinajstić information content (AvgIpc) is 2.34. The Morgan fingerprint density at radius 1 is 1.80 bits per heavy atom. The van der Waals surface area contributed by atoms with Crippen LogP contribution in [0.3, 0.4) is 0 Å². The summed E-state index contributed by atoms with van der Waals surface area (Å²) in [6.07, 6.45) is 0.441. The van der Waals surface area contributed by atoms with Crippen LogP contribution in [0, 0.1) is 10.1 Å². The van der Waals surface area contributed by atoms with E-state index in [2.05, 4.69) is 4.98 Å². The molecule has 0 fully saturated rings. The molecule has 0 N–H and O–H groups in total. The molecule has 54 valence electrons. The summed E-state index contributed by atoms with van der Waals surface area (Å²) in [4.78, 5) is 13.4. The van der Waals surface area contributed by atoms with Crippen LogP contribution in [0.15, 0.2) is 10.9 Å². The van der Waals surface area contributed by atoms with Gasteiger partial charge in [0, 0.05) is 10.3 Å². The van der Waals surface area contributed by atoms with Crippen molar-refractivity contribution in [2.75, 3.05) is 6.54 Å². The van der Waals surface area contributed by atoms with Gasteiger partial charge in [-0.05, 0) is 0 Å². The highest BCUT2D eigenvalue weighted by molar-refractivity contribution is 7.07. The zero-order valence-corrected chi connectivity index (χ0v) is 6.00. The highest BCUT2D eigenvalue weighted by Crippen LogP contribution is 2.00. The van der Waals surface area contributed by atoms with E-state index in [1.165, 1.54) is 11.3 Å². The quantitative estimate of drug-likeness (QED) is 0.486. The second-order valence-corrected chi connectivity index (χ2v) is 2.50. The van der Waals surface area contributed by atoms with E-state index in [4.69, 9.17) is 0 Å². The number of aromatic nitrogens is 1. The summed E-state index contributed by atoms with van der Waals surface area (Å²) in [6.45, 7) is -0.0241. The Balaban J connectivity index is 2.35. The first-order valence-corrected chi connectivity index (χ1v) is 3.72. The molecule has 1 aromatic heterocycles. The molecule has 5 heteroatoms. The number of nitro groups is 1. The molecule has 10 heavy (non-hydrogen) atoms. The highest BCUT2D eigenvalue weighted by atomic mass is 32.1. The molecule has 0 aliphatic carbocycles. The van der Waals surface area contributed by atoms with Gasteiger partial charge in [0.2, 0.25) is 6.54 Å². The molecule has 0 aliphatic heterocycles. The Bertz CT molecular complexity index is 209. The molecule has 0 bridgehead atoms. The minimum Gasteiger partial charge on any atom is -0.265 e. The third kappa shape index (κ3) is 2.10. The topological polar surface area (TPSA) is 56.0 Å². The van der Waals surface area contributed by atoms with Crippen LogP contribution in [-0.2, 0) is 6.42 Å². The Morgan fingerprint density at radius 2 is 2.60 bits per heavy atom. The third-order valence-corrected chi connectivity index (χ3v) is 1.67. The maximum Gasteiger partial charge on any atom is 0.209 e. The van der Waals surface area contributed by atoms with Crippen molar-refractivity contribution in [3.63, 3.8) is 0 Å². The standard InChI is InChI=1S/C5H6N2O2S/c8-7(9)2-1-5-3-10-4-6-5/h3-4H,1-2H2. The summed E-state index contributed by atoms with van der Waals surface area (Å²) in [6, 6.07) is 0. The Labute approximate surface area is 61.7 Å². The van der Waals surface area contributed by atoms with Crippen molar-refractivity contribution in [3.8, 4) is 0 Å². The van der Waals surface area contributed by atoms with Crippen LogP contribution in [0.4, 0.5) is 0 Å². The molecule has 1 rings (SSSR count). The molecule has 4 nitrogen and oxygen atoms in total. The fourth-order valence-corrected chi connectivity index (χ4v) is 1.16. The SMILES string of the molecule is O=[N+]([O-])CCc1cscn1. The number of rotatable bonds is 3.